The van der Waals surface area contributed by atoms with Gasteiger partial charge in [-0.2, -0.15) is 0 Å². The van der Waals surface area contributed by atoms with E-state index in [1.807, 2.05) is 0 Å². The standard InChI is InChI=1S/C13H15N3O3/c17-12-9-2-1-3-11(10(9)6-14-12)15-13(18)16-19-7-8-4-5-8/h1-3,8H,4-7H2,(H,14,17)(H2,15,16,18). The molecule has 3 N–H and O–H groups in total. The number of hydroxylamine groups is 1. The normalized spacial score (nSPS) is 16.7. The van der Waals surface area contributed by atoms with Crippen molar-refractivity contribution in [3.63, 3.8) is 0 Å². The molecule has 1 aromatic carbocycles. The zero-order chi connectivity index (χ0) is 13.2. The van der Waals surface area contributed by atoms with E-state index in [1.165, 1.54) is 12.8 Å². The summed E-state index contributed by atoms with van der Waals surface area (Å²) >= 11 is 0. The Bertz CT molecular complexity index is 526. The predicted octanol–water partition coefficient (Wildman–Crippen LogP) is 1.39. The number of urea groups is 1. The zero-order valence-corrected chi connectivity index (χ0v) is 10.4. The maximum absolute atomic E-state index is 11.6. The molecule has 100 valence electrons. The summed E-state index contributed by atoms with van der Waals surface area (Å²) in [6, 6.07) is 4.82. The highest BCUT2D eigenvalue weighted by atomic mass is 16.7. The van der Waals surface area contributed by atoms with Gasteiger partial charge in [0.05, 0.1) is 6.61 Å². The maximum atomic E-state index is 11.6. The van der Waals surface area contributed by atoms with E-state index in [0.29, 0.717) is 30.3 Å². The van der Waals surface area contributed by atoms with Crippen LogP contribution in [0.2, 0.25) is 0 Å². The molecule has 1 fully saturated rings. The summed E-state index contributed by atoms with van der Waals surface area (Å²) in [5, 5.41) is 5.41. The fourth-order valence-electron chi connectivity index (χ4n) is 2.03. The SMILES string of the molecule is O=C(NOCC1CC1)Nc1cccc2c1CNC2=O. The van der Waals surface area contributed by atoms with E-state index < -0.39 is 6.03 Å². The van der Waals surface area contributed by atoms with Crippen LogP contribution in [-0.4, -0.2) is 18.5 Å². The number of benzene rings is 1. The minimum Gasteiger partial charge on any atom is -0.348 e. The number of hydrogen-bond donors (Lipinski definition) is 3. The molecule has 1 heterocycles. The molecule has 0 radical (unpaired) electrons. The summed E-state index contributed by atoms with van der Waals surface area (Å²) in [7, 11) is 0. The van der Waals surface area contributed by atoms with Gasteiger partial charge in [-0.05, 0) is 30.9 Å². The average Bonchev–Trinajstić information content (AvgIpc) is 3.14. The lowest BCUT2D eigenvalue weighted by molar-refractivity contribution is 0.0586. The van der Waals surface area contributed by atoms with E-state index >= 15 is 0 Å². The highest BCUT2D eigenvalue weighted by Gasteiger charge is 2.23. The van der Waals surface area contributed by atoms with Crippen LogP contribution < -0.4 is 16.1 Å². The fraction of sp³-hybridized carbons (Fsp3) is 0.385. The molecule has 0 saturated heterocycles. The summed E-state index contributed by atoms with van der Waals surface area (Å²) in [4.78, 5) is 28.2. The third kappa shape index (κ3) is 2.68. The first-order valence-electron chi connectivity index (χ1n) is 6.33. The van der Waals surface area contributed by atoms with Crippen LogP contribution in [0.1, 0.15) is 28.8 Å². The van der Waals surface area contributed by atoms with Crippen LogP contribution in [0.15, 0.2) is 18.2 Å². The van der Waals surface area contributed by atoms with E-state index in [2.05, 4.69) is 16.1 Å². The summed E-state index contributed by atoms with van der Waals surface area (Å²) in [5.41, 5.74) is 4.40. The fourth-order valence-corrected chi connectivity index (χ4v) is 2.03. The first-order valence-corrected chi connectivity index (χ1v) is 6.33. The smallest absolute Gasteiger partial charge is 0.343 e. The number of anilines is 1. The number of rotatable bonds is 4. The molecule has 3 rings (SSSR count). The van der Waals surface area contributed by atoms with Crippen LogP contribution in [0.4, 0.5) is 10.5 Å². The highest BCUT2D eigenvalue weighted by Crippen LogP contribution is 2.28. The molecular formula is C13H15N3O3. The van der Waals surface area contributed by atoms with Crippen molar-refractivity contribution in [3.8, 4) is 0 Å². The molecule has 3 amide bonds. The van der Waals surface area contributed by atoms with E-state index in [9.17, 15) is 9.59 Å². The first-order chi connectivity index (χ1) is 9.24. The first kappa shape index (κ1) is 12.0. The topological polar surface area (TPSA) is 79.5 Å². The molecule has 0 bridgehead atoms. The number of amides is 3. The van der Waals surface area contributed by atoms with Crippen LogP contribution in [0.5, 0.6) is 0 Å². The third-order valence-electron chi connectivity index (χ3n) is 3.28. The van der Waals surface area contributed by atoms with Crippen molar-refractivity contribution in [2.24, 2.45) is 5.92 Å². The number of hydrogen-bond acceptors (Lipinski definition) is 3. The quantitative estimate of drug-likeness (QED) is 0.717. The Balaban J connectivity index is 1.60. The highest BCUT2D eigenvalue weighted by molar-refractivity contribution is 6.01. The molecule has 1 aromatic rings. The molecule has 6 heteroatoms. The Morgan fingerprint density at radius 3 is 3.05 bits per heavy atom. The summed E-state index contributed by atoms with van der Waals surface area (Å²) in [6.07, 6.45) is 2.34. The van der Waals surface area contributed by atoms with Gasteiger partial charge in [0.25, 0.3) is 5.91 Å². The van der Waals surface area contributed by atoms with Crippen LogP contribution >= 0.6 is 0 Å². The predicted molar refractivity (Wildman–Crippen MR) is 68.4 cm³/mol. The number of carbonyl (C=O) groups is 2. The third-order valence-corrected chi connectivity index (χ3v) is 3.28. The second-order valence-corrected chi connectivity index (χ2v) is 4.82. The van der Waals surface area contributed by atoms with Crippen LogP contribution in [-0.2, 0) is 11.4 Å². The van der Waals surface area contributed by atoms with Gasteiger partial charge < -0.3 is 10.6 Å². The molecule has 19 heavy (non-hydrogen) atoms. The summed E-state index contributed by atoms with van der Waals surface area (Å²) in [6.45, 7) is 0.994. The Morgan fingerprint density at radius 1 is 1.42 bits per heavy atom. The van der Waals surface area contributed by atoms with Crippen molar-refractivity contribution in [1.29, 1.82) is 0 Å². The van der Waals surface area contributed by atoms with Crippen molar-refractivity contribution in [1.82, 2.24) is 10.8 Å². The molecule has 6 nitrogen and oxygen atoms in total. The molecule has 2 aliphatic rings. The number of fused-ring (bicyclic) bond motifs is 1. The van der Waals surface area contributed by atoms with Gasteiger partial charge in [-0.1, -0.05) is 6.07 Å². The lowest BCUT2D eigenvalue weighted by atomic mass is 10.1. The van der Waals surface area contributed by atoms with Gasteiger partial charge in [0.2, 0.25) is 0 Å². The molecule has 0 spiro atoms. The van der Waals surface area contributed by atoms with Crippen molar-refractivity contribution in [2.75, 3.05) is 11.9 Å². The molecular weight excluding hydrogens is 246 g/mol. The molecule has 0 atom stereocenters. The largest absolute Gasteiger partial charge is 0.348 e. The van der Waals surface area contributed by atoms with Gasteiger partial charge in [-0.3, -0.25) is 9.63 Å². The Labute approximate surface area is 110 Å². The average molecular weight is 261 g/mol. The molecule has 1 aliphatic carbocycles. The van der Waals surface area contributed by atoms with E-state index in [0.717, 1.165) is 5.56 Å². The van der Waals surface area contributed by atoms with E-state index in [1.54, 1.807) is 18.2 Å². The zero-order valence-electron chi connectivity index (χ0n) is 10.4. The summed E-state index contributed by atoms with van der Waals surface area (Å²) < 4.78 is 0. The monoisotopic (exact) mass is 261 g/mol. The van der Waals surface area contributed by atoms with Crippen molar-refractivity contribution >= 4 is 17.6 Å². The second-order valence-electron chi connectivity index (χ2n) is 4.82. The van der Waals surface area contributed by atoms with Gasteiger partial charge in [0.1, 0.15) is 0 Å². The van der Waals surface area contributed by atoms with Crippen LogP contribution in [0.3, 0.4) is 0 Å². The molecule has 1 aliphatic heterocycles. The van der Waals surface area contributed by atoms with Crippen molar-refractivity contribution < 1.29 is 14.4 Å². The minimum absolute atomic E-state index is 0.107. The van der Waals surface area contributed by atoms with Crippen LogP contribution in [0, 0.1) is 5.92 Å². The van der Waals surface area contributed by atoms with Gasteiger partial charge in [0.15, 0.2) is 0 Å². The van der Waals surface area contributed by atoms with Crippen molar-refractivity contribution in [2.45, 2.75) is 19.4 Å². The maximum Gasteiger partial charge on any atom is 0.343 e. The van der Waals surface area contributed by atoms with Crippen molar-refractivity contribution in [3.05, 3.63) is 29.3 Å². The summed E-state index contributed by atoms with van der Waals surface area (Å²) in [5.74, 6) is 0.479. The number of nitrogens with one attached hydrogen (secondary N) is 3. The van der Waals surface area contributed by atoms with E-state index in [-0.39, 0.29) is 5.91 Å². The molecule has 1 saturated carbocycles. The van der Waals surface area contributed by atoms with Gasteiger partial charge in [-0.15, -0.1) is 0 Å². The Morgan fingerprint density at radius 2 is 2.26 bits per heavy atom. The van der Waals surface area contributed by atoms with Crippen LogP contribution in [0.25, 0.3) is 0 Å². The minimum atomic E-state index is -0.423. The Hall–Kier alpha value is -2.08. The molecule has 0 aromatic heterocycles. The van der Waals surface area contributed by atoms with Gasteiger partial charge in [0, 0.05) is 23.4 Å². The van der Waals surface area contributed by atoms with Gasteiger partial charge >= 0.3 is 6.03 Å². The van der Waals surface area contributed by atoms with E-state index in [4.69, 9.17) is 4.84 Å². The van der Waals surface area contributed by atoms with Gasteiger partial charge in [-0.25, -0.2) is 10.3 Å². The Kier molecular flexibility index (Phi) is 3.08. The molecule has 0 unspecified atom stereocenters. The lowest BCUT2D eigenvalue weighted by Gasteiger charge is -2.10. The lowest BCUT2D eigenvalue weighted by Crippen LogP contribution is -2.30. The number of carbonyl (C=O) groups excluding carboxylic acids is 2. The second kappa shape index (κ2) is 4.89.